The number of hydrogen-bond acceptors (Lipinski definition) is 2. The van der Waals surface area contributed by atoms with Gasteiger partial charge in [0.25, 0.3) is 0 Å². The van der Waals surface area contributed by atoms with Gasteiger partial charge >= 0.3 is 0 Å². The second-order valence-corrected chi connectivity index (χ2v) is 4.01. The zero-order valence-corrected chi connectivity index (χ0v) is 8.57. The summed E-state index contributed by atoms with van der Waals surface area (Å²) in [4.78, 5) is 4.23. The summed E-state index contributed by atoms with van der Waals surface area (Å²) in [6.07, 6.45) is 3.93. The van der Waals surface area contributed by atoms with E-state index < -0.39 is 0 Å². The molecule has 2 rings (SSSR count). The van der Waals surface area contributed by atoms with Gasteiger partial charge in [0.1, 0.15) is 0 Å². The van der Waals surface area contributed by atoms with Crippen LogP contribution in [-0.4, -0.2) is 11.5 Å². The highest BCUT2D eigenvalue weighted by Crippen LogP contribution is 2.28. The zero-order valence-electron chi connectivity index (χ0n) is 7.06. The van der Waals surface area contributed by atoms with Crippen LogP contribution in [0.2, 0.25) is 10.0 Å². The van der Waals surface area contributed by atoms with E-state index in [2.05, 4.69) is 10.3 Å². The van der Waals surface area contributed by atoms with Gasteiger partial charge in [-0.3, -0.25) is 4.98 Å². The van der Waals surface area contributed by atoms with Crippen molar-refractivity contribution in [2.45, 2.75) is 18.9 Å². The number of nitrogens with zero attached hydrogens (tertiary/aromatic N) is 1. The molecule has 0 radical (unpaired) electrons. The first-order chi connectivity index (χ1) is 6.27. The standard InChI is InChI=1S/C9H10Cl2N2/c10-6-4-7(11)9(13-5-6)8-2-1-3-12-8/h4-5,8,12H,1-3H2/t8-/m1/s1. The molecule has 0 bridgehead atoms. The quantitative estimate of drug-likeness (QED) is 0.782. The predicted octanol–water partition coefficient (Wildman–Crippen LogP) is 2.81. The SMILES string of the molecule is Clc1cnc([C@H]2CCCN2)c(Cl)c1. The molecular weight excluding hydrogens is 207 g/mol. The van der Waals surface area contributed by atoms with Crippen molar-refractivity contribution in [3.8, 4) is 0 Å². The molecule has 2 nitrogen and oxygen atoms in total. The molecule has 0 spiro atoms. The first-order valence-corrected chi connectivity index (χ1v) is 5.07. The number of nitrogens with one attached hydrogen (secondary N) is 1. The molecule has 1 fully saturated rings. The molecule has 2 heterocycles. The largest absolute Gasteiger partial charge is 0.309 e. The molecular formula is C9H10Cl2N2. The molecule has 0 aliphatic carbocycles. The van der Waals surface area contributed by atoms with Gasteiger partial charge in [0.2, 0.25) is 0 Å². The van der Waals surface area contributed by atoms with Crippen LogP contribution in [0.15, 0.2) is 12.3 Å². The Bertz CT molecular complexity index is 308. The first-order valence-electron chi connectivity index (χ1n) is 4.31. The maximum atomic E-state index is 6.02. The third-order valence-electron chi connectivity index (χ3n) is 2.23. The van der Waals surface area contributed by atoms with Crippen molar-refractivity contribution in [3.05, 3.63) is 28.0 Å². The Morgan fingerprint density at radius 1 is 1.46 bits per heavy atom. The highest BCUT2D eigenvalue weighted by molar-refractivity contribution is 6.34. The van der Waals surface area contributed by atoms with Gasteiger partial charge in [-0.1, -0.05) is 23.2 Å². The minimum absolute atomic E-state index is 0.310. The third kappa shape index (κ3) is 1.96. The summed E-state index contributed by atoms with van der Waals surface area (Å²) in [6, 6.07) is 2.05. The van der Waals surface area contributed by atoms with Crippen LogP contribution < -0.4 is 5.32 Å². The Labute approximate surface area is 87.3 Å². The van der Waals surface area contributed by atoms with Gasteiger partial charge in [-0.2, -0.15) is 0 Å². The predicted molar refractivity (Wildman–Crippen MR) is 54.2 cm³/mol. The molecule has 1 atom stereocenters. The fourth-order valence-corrected chi connectivity index (χ4v) is 2.11. The lowest BCUT2D eigenvalue weighted by Gasteiger charge is -2.10. The monoisotopic (exact) mass is 216 g/mol. The average Bonchev–Trinajstić information content (AvgIpc) is 2.56. The smallest absolute Gasteiger partial charge is 0.0760 e. The molecule has 1 N–H and O–H groups in total. The number of pyridine rings is 1. The molecule has 70 valence electrons. The van der Waals surface area contributed by atoms with Gasteiger partial charge in [0.15, 0.2) is 0 Å². The zero-order chi connectivity index (χ0) is 9.26. The Morgan fingerprint density at radius 2 is 2.31 bits per heavy atom. The van der Waals surface area contributed by atoms with E-state index in [0.29, 0.717) is 16.1 Å². The average molecular weight is 217 g/mol. The molecule has 0 saturated carbocycles. The van der Waals surface area contributed by atoms with Crippen LogP contribution in [0.5, 0.6) is 0 Å². The highest BCUT2D eigenvalue weighted by Gasteiger charge is 2.19. The summed E-state index contributed by atoms with van der Waals surface area (Å²) in [5.74, 6) is 0. The Hall–Kier alpha value is -0.310. The van der Waals surface area contributed by atoms with Crippen molar-refractivity contribution < 1.29 is 0 Å². The summed E-state index contributed by atoms with van der Waals surface area (Å²) in [5, 5.41) is 4.59. The van der Waals surface area contributed by atoms with Gasteiger partial charge < -0.3 is 5.32 Å². The van der Waals surface area contributed by atoms with Crippen molar-refractivity contribution in [1.29, 1.82) is 0 Å². The van der Waals surface area contributed by atoms with Crippen LogP contribution in [-0.2, 0) is 0 Å². The maximum absolute atomic E-state index is 6.02. The molecule has 0 amide bonds. The van der Waals surface area contributed by atoms with E-state index in [1.54, 1.807) is 12.3 Å². The van der Waals surface area contributed by atoms with Crippen molar-refractivity contribution >= 4 is 23.2 Å². The fraction of sp³-hybridized carbons (Fsp3) is 0.444. The highest BCUT2D eigenvalue weighted by atomic mass is 35.5. The maximum Gasteiger partial charge on any atom is 0.0760 e. The molecule has 0 unspecified atom stereocenters. The van der Waals surface area contributed by atoms with Gasteiger partial charge in [-0.05, 0) is 25.5 Å². The summed E-state index contributed by atoms with van der Waals surface area (Å²) >= 11 is 11.8. The summed E-state index contributed by atoms with van der Waals surface area (Å²) in [5.41, 5.74) is 0.920. The Morgan fingerprint density at radius 3 is 2.92 bits per heavy atom. The lowest BCUT2D eigenvalue weighted by molar-refractivity contribution is 0.628. The lowest BCUT2D eigenvalue weighted by atomic mass is 10.1. The first kappa shape index (κ1) is 9.25. The van der Waals surface area contributed by atoms with E-state index in [4.69, 9.17) is 23.2 Å². The van der Waals surface area contributed by atoms with Gasteiger partial charge in [0.05, 0.1) is 21.8 Å². The molecule has 13 heavy (non-hydrogen) atoms. The number of aromatic nitrogens is 1. The third-order valence-corrected chi connectivity index (χ3v) is 2.74. The van der Waals surface area contributed by atoms with E-state index >= 15 is 0 Å². The summed E-state index contributed by atoms with van der Waals surface area (Å²) < 4.78 is 0. The number of halogens is 2. The summed E-state index contributed by atoms with van der Waals surface area (Å²) in [6.45, 7) is 1.05. The van der Waals surface area contributed by atoms with Gasteiger partial charge in [0, 0.05) is 6.20 Å². The topological polar surface area (TPSA) is 24.9 Å². The molecule has 4 heteroatoms. The van der Waals surface area contributed by atoms with Gasteiger partial charge in [-0.25, -0.2) is 0 Å². The van der Waals surface area contributed by atoms with Crippen LogP contribution in [0, 0.1) is 0 Å². The van der Waals surface area contributed by atoms with Crippen molar-refractivity contribution in [2.75, 3.05) is 6.54 Å². The second kappa shape index (κ2) is 3.82. The van der Waals surface area contributed by atoms with Crippen LogP contribution in [0.25, 0.3) is 0 Å². The minimum Gasteiger partial charge on any atom is -0.309 e. The van der Waals surface area contributed by atoms with Crippen molar-refractivity contribution in [3.63, 3.8) is 0 Å². The van der Waals surface area contributed by atoms with E-state index in [1.807, 2.05) is 0 Å². The van der Waals surface area contributed by atoms with Crippen molar-refractivity contribution in [1.82, 2.24) is 10.3 Å². The normalized spacial score (nSPS) is 22.2. The van der Waals surface area contributed by atoms with Crippen molar-refractivity contribution in [2.24, 2.45) is 0 Å². The second-order valence-electron chi connectivity index (χ2n) is 3.17. The van der Waals surface area contributed by atoms with Crippen LogP contribution in [0.4, 0.5) is 0 Å². The minimum atomic E-state index is 0.310. The Kier molecular flexibility index (Phi) is 2.72. The molecule has 1 aromatic rings. The molecule has 0 aromatic carbocycles. The van der Waals surface area contributed by atoms with Gasteiger partial charge in [-0.15, -0.1) is 0 Å². The van der Waals surface area contributed by atoms with E-state index in [9.17, 15) is 0 Å². The lowest BCUT2D eigenvalue weighted by Crippen LogP contribution is -2.14. The van der Waals surface area contributed by atoms with E-state index in [0.717, 1.165) is 18.7 Å². The Balaban J connectivity index is 2.29. The molecule has 1 aromatic heterocycles. The van der Waals surface area contributed by atoms with Crippen LogP contribution in [0.1, 0.15) is 24.6 Å². The fourth-order valence-electron chi connectivity index (χ4n) is 1.60. The molecule has 1 aliphatic rings. The van der Waals surface area contributed by atoms with Crippen LogP contribution in [0.3, 0.4) is 0 Å². The number of hydrogen-bond donors (Lipinski definition) is 1. The number of rotatable bonds is 1. The molecule has 1 saturated heterocycles. The summed E-state index contributed by atoms with van der Waals surface area (Å²) in [7, 11) is 0. The van der Waals surface area contributed by atoms with Crippen LogP contribution >= 0.6 is 23.2 Å². The van der Waals surface area contributed by atoms with E-state index in [-0.39, 0.29) is 0 Å². The van der Waals surface area contributed by atoms with E-state index in [1.165, 1.54) is 6.42 Å². The molecule has 1 aliphatic heterocycles.